The third kappa shape index (κ3) is 5.60. The van der Waals surface area contributed by atoms with Crippen molar-refractivity contribution in [2.24, 2.45) is 0 Å². The number of aliphatic hydroxyl groups excluding tert-OH is 1. The van der Waals surface area contributed by atoms with E-state index < -0.39 is 0 Å². The molecule has 0 aliphatic rings. The van der Waals surface area contributed by atoms with Crippen molar-refractivity contribution >= 4 is 103 Å². The smallest absolute Gasteiger partial charge is 0.313 e. The van der Waals surface area contributed by atoms with Crippen LogP contribution in [0.5, 0.6) is 5.75 Å². The summed E-state index contributed by atoms with van der Waals surface area (Å²) in [6.45, 7) is 2.22. The predicted octanol–water partition coefficient (Wildman–Crippen LogP) is 14.0. The Morgan fingerprint density at radius 1 is 0.467 bits per heavy atom. The minimum Gasteiger partial charge on any atom is -0.497 e. The summed E-state index contributed by atoms with van der Waals surface area (Å²) in [5.74, 6) is 0.221. The van der Waals surface area contributed by atoms with Gasteiger partial charge in [0.15, 0.2) is 0 Å². The highest BCUT2D eigenvalue weighted by molar-refractivity contribution is 6.34. The molecule has 0 heterocycles. The molecule has 4 nitrogen and oxygen atoms in total. The molecule has 0 saturated heterocycles. The lowest BCUT2D eigenvalue weighted by Gasteiger charge is -2.17. The Kier molecular flexibility index (Phi) is 8.50. The van der Waals surface area contributed by atoms with Crippen molar-refractivity contribution in [3.05, 3.63) is 187 Å². The minimum atomic E-state index is -0.369. The van der Waals surface area contributed by atoms with E-state index in [0.29, 0.717) is 0 Å². The van der Waals surface area contributed by atoms with E-state index in [1.165, 1.54) is 75.4 Å². The van der Waals surface area contributed by atoms with E-state index in [9.17, 15) is 9.90 Å². The standard InChI is InChI=1S/C35H26O3.C21H14O/c1-21(23-12-13-25-19-27(37-2)16-14-24(25)18-23)35(36)38-20-26-15-17-32-30-10-4-7-22-6-3-9-29(33(22)30)31-11-5-8-28(26)34(31)32;22-12-14-10-11-19-17-8-2-5-13-4-1-7-16(20(13)17)18-9-3-6-15(14)21(18)19/h3-19,21H,20H2,1-2H3;1-11,22H,12H2. The molecule has 0 fully saturated rings. The Labute approximate surface area is 346 Å². The summed E-state index contributed by atoms with van der Waals surface area (Å²) < 4.78 is 11.2. The van der Waals surface area contributed by atoms with Crippen LogP contribution in [0, 0.1) is 0 Å². The number of ether oxygens (including phenoxy) is 2. The molecule has 1 atom stereocenters. The molecule has 0 amide bonds. The van der Waals surface area contributed by atoms with E-state index in [-0.39, 0.29) is 25.1 Å². The Morgan fingerprint density at radius 3 is 1.43 bits per heavy atom. The first-order valence-corrected chi connectivity index (χ1v) is 20.5. The number of rotatable bonds is 6. The lowest BCUT2D eigenvalue weighted by molar-refractivity contribution is -0.146. The van der Waals surface area contributed by atoms with Crippen molar-refractivity contribution in [3.8, 4) is 5.75 Å². The van der Waals surface area contributed by atoms with Gasteiger partial charge in [-0.05, 0) is 133 Å². The van der Waals surface area contributed by atoms with Gasteiger partial charge in [0.1, 0.15) is 12.4 Å². The summed E-state index contributed by atoms with van der Waals surface area (Å²) >= 11 is 0. The van der Waals surface area contributed by atoms with E-state index in [1.54, 1.807) is 7.11 Å². The van der Waals surface area contributed by atoms with Crippen LogP contribution < -0.4 is 4.74 Å². The fraction of sp³-hybridized carbons (Fsp3) is 0.0893. The van der Waals surface area contributed by atoms with E-state index in [2.05, 4.69) is 133 Å². The molecule has 1 unspecified atom stereocenters. The summed E-state index contributed by atoms with van der Waals surface area (Å²) in [4.78, 5) is 13.1. The molecule has 12 aromatic carbocycles. The maximum absolute atomic E-state index is 13.1. The Bertz CT molecular complexity index is 3520. The first kappa shape index (κ1) is 35.9. The molecule has 0 aliphatic carbocycles. The van der Waals surface area contributed by atoms with E-state index in [0.717, 1.165) is 44.0 Å². The summed E-state index contributed by atoms with van der Waals surface area (Å²) in [7, 11) is 1.66. The molecule has 4 heteroatoms. The van der Waals surface area contributed by atoms with Crippen LogP contribution in [0.4, 0.5) is 0 Å². The van der Waals surface area contributed by atoms with Gasteiger partial charge in [-0.2, -0.15) is 0 Å². The quantitative estimate of drug-likeness (QED) is 0.104. The zero-order chi connectivity index (χ0) is 40.5. The first-order chi connectivity index (χ1) is 29.5. The maximum Gasteiger partial charge on any atom is 0.313 e. The number of methoxy groups -OCH3 is 1. The molecular formula is C56H40O4. The number of hydrogen-bond acceptors (Lipinski definition) is 4. The summed E-state index contributed by atoms with van der Waals surface area (Å²) in [5.41, 5.74) is 2.95. The molecule has 288 valence electrons. The molecule has 0 aliphatic heterocycles. The second kappa shape index (κ2) is 14.2. The van der Waals surface area contributed by atoms with Crippen molar-refractivity contribution in [2.45, 2.75) is 26.1 Å². The molecule has 0 bridgehead atoms. The zero-order valence-corrected chi connectivity index (χ0v) is 33.3. The van der Waals surface area contributed by atoms with Gasteiger partial charge in [0.05, 0.1) is 19.6 Å². The SMILES string of the molecule is COc1ccc2cc(C(C)C(=O)OCc3ccc4c5cccc6cccc(c7cccc3c74)c65)ccc2c1.OCc1ccc2c3cccc4cccc(c5cccc1c52)c43. The highest BCUT2D eigenvalue weighted by Gasteiger charge is 2.20. The van der Waals surface area contributed by atoms with Crippen LogP contribution in [0.15, 0.2) is 170 Å². The van der Waals surface area contributed by atoms with E-state index in [1.807, 2.05) is 43.3 Å². The molecule has 0 saturated carbocycles. The number of carbonyl (C=O) groups is 1. The third-order valence-corrected chi connectivity index (χ3v) is 12.7. The van der Waals surface area contributed by atoms with Crippen molar-refractivity contribution in [1.29, 1.82) is 0 Å². The number of hydrogen-bond donors (Lipinski definition) is 1. The average Bonchev–Trinajstić information content (AvgIpc) is 3.31. The van der Waals surface area contributed by atoms with Crippen LogP contribution in [0.1, 0.15) is 29.5 Å². The number of aliphatic hydroxyl groups is 1. The summed E-state index contributed by atoms with van der Waals surface area (Å²) in [6, 6.07) is 59.4. The monoisotopic (exact) mass is 776 g/mol. The van der Waals surface area contributed by atoms with Gasteiger partial charge in [0, 0.05) is 0 Å². The van der Waals surface area contributed by atoms with Crippen molar-refractivity contribution < 1.29 is 19.4 Å². The Balaban J connectivity index is 0.000000157. The number of esters is 1. The van der Waals surface area contributed by atoms with Crippen LogP contribution in [-0.2, 0) is 22.7 Å². The number of fused-ring (bicyclic) bond motifs is 5. The molecular weight excluding hydrogens is 737 g/mol. The van der Waals surface area contributed by atoms with Gasteiger partial charge >= 0.3 is 5.97 Å². The van der Waals surface area contributed by atoms with E-state index >= 15 is 0 Å². The van der Waals surface area contributed by atoms with Gasteiger partial charge in [-0.25, -0.2) is 0 Å². The highest BCUT2D eigenvalue weighted by Crippen LogP contribution is 2.43. The lowest BCUT2D eigenvalue weighted by atomic mass is 9.88. The number of carbonyl (C=O) groups excluding carboxylic acids is 1. The molecule has 0 spiro atoms. The molecule has 12 aromatic rings. The van der Waals surface area contributed by atoms with Crippen molar-refractivity contribution in [3.63, 3.8) is 0 Å². The largest absolute Gasteiger partial charge is 0.497 e. The predicted molar refractivity (Wildman–Crippen MR) is 250 cm³/mol. The third-order valence-electron chi connectivity index (χ3n) is 12.7. The molecule has 12 rings (SSSR count). The van der Waals surface area contributed by atoms with Crippen molar-refractivity contribution in [1.82, 2.24) is 0 Å². The fourth-order valence-electron chi connectivity index (χ4n) is 9.72. The second-order valence-electron chi connectivity index (χ2n) is 15.9. The van der Waals surface area contributed by atoms with E-state index in [4.69, 9.17) is 9.47 Å². The highest BCUT2D eigenvalue weighted by atomic mass is 16.5. The summed E-state index contributed by atoms with van der Waals surface area (Å²) in [6.07, 6.45) is 0. The van der Waals surface area contributed by atoms with Gasteiger partial charge < -0.3 is 14.6 Å². The first-order valence-electron chi connectivity index (χ1n) is 20.5. The molecule has 1 N–H and O–H groups in total. The Morgan fingerprint density at radius 2 is 0.900 bits per heavy atom. The topological polar surface area (TPSA) is 55.8 Å². The normalized spacial score (nSPS) is 12.4. The number of benzene rings is 12. The van der Waals surface area contributed by atoms with Crippen LogP contribution in [0.3, 0.4) is 0 Å². The van der Waals surface area contributed by atoms with Crippen LogP contribution >= 0.6 is 0 Å². The average molecular weight is 777 g/mol. The van der Waals surface area contributed by atoms with Crippen LogP contribution in [0.2, 0.25) is 0 Å². The van der Waals surface area contributed by atoms with Gasteiger partial charge in [0.2, 0.25) is 0 Å². The van der Waals surface area contributed by atoms with Gasteiger partial charge in [-0.3, -0.25) is 4.79 Å². The fourth-order valence-corrected chi connectivity index (χ4v) is 9.72. The van der Waals surface area contributed by atoms with Gasteiger partial charge in [-0.1, -0.05) is 158 Å². The molecule has 0 radical (unpaired) electrons. The lowest BCUT2D eigenvalue weighted by Crippen LogP contribution is -2.13. The van der Waals surface area contributed by atoms with Gasteiger partial charge in [0.25, 0.3) is 0 Å². The Hall–Kier alpha value is -7.27. The van der Waals surface area contributed by atoms with Crippen LogP contribution in [-0.4, -0.2) is 18.2 Å². The molecule has 0 aromatic heterocycles. The molecule has 60 heavy (non-hydrogen) atoms. The van der Waals surface area contributed by atoms with Crippen LogP contribution in [0.25, 0.3) is 97.0 Å². The second-order valence-corrected chi connectivity index (χ2v) is 15.9. The maximum atomic E-state index is 13.1. The van der Waals surface area contributed by atoms with Crippen molar-refractivity contribution in [2.75, 3.05) is 7.11 Å². The summed E-state index contributed by atoms with van der Waals surface area (Å²) in [5, 5.41) is 31.9. The minimum absolute atomic E-state index is 0.0755. The zero-order valence-electron chi connectivity index (χ0n) is 33.3. The van der Waals surface area contributed by atoms with Gasteiger partial charge in [-0.15, -0.1) is 0 Å².